The standard InChI is InChI=1S/C13H19FN2O/c1-3-4-9-15-13(17)16-10(2)11-5-7-12(14)8-6-11/h5-8,10H,3-4,9H2,1-2H3,(H2,15,16,17)/t10-/m0/s1. The summed E-state index contributed by atoms with van der Waals surface area (Å²) in [5.74, 6) is -0.270. The number of hydrogen-bond acceptors (Lipinski definition) is 1. The molecule has 17 heavy (non-hydrogen) atoms. The molecule has 0 saturated carbocycles. The molecule has 1 atom stereocenters. The molecule has 1 aromatic carbocycles. The van der Waals surface area contributed by atoms with Crippen LogP contribution < -0.4 is 10.6 Å². The van der Waals surface area contributed by atoms with Crippen molar-refractivity contribution in [1.82, 2.24) is 10.6 Å². The fraction of sp³-hybridized carbons (Fsp3) is 0.462. The number of urea groups is 1. The van der Waals surface area contributed by atoms with Gasteiger partial charge in [-0.15, -0.1) is 0 Å². The first-order valence-electron chi connectivity index (χ1n) is 5.93. The number of halogens is 1. The highest BCUT2D eigenvalue weighted by atomic mass is 19.1. The van der Waals surface area contributed by atoms with Gasteiger partial charge in [0.05, 0.1) is 6.04 Å². The minimum Gasteiger partial charge on any atom is -0.338 e. The molecule has 3 nitrogen and oxygen atoms in total. The summed E-state index contributed by atoms with van der Waals surface area (Å²) in [6, 6.07) is 5.82. The lowest BCUT2D eigenvalue weighted by Gasteiger charge is -2.14. The van der Waals surface area contributed by atoms with Crippen LogP contribution in [-0.4, -0.2) is 12.6 Å². The Kier molecular flexibility index (Phi) is 5.46. The lowest BCUT2D eigenvalue weighted by molar-refractivity contribution is 0.238. The molecule has 2 amide bonds. The fourth-order valence-electron chi connectivity index (χ4n) is 1.46. The second-order valence-corrected chi connectivity index (χ2v) is 4.03. The molecule has 0 fully saturated rings. The van der Waals surface area contributed by atoms with Gasteiger partial charge in [-0.25, -0.2) is 9.18 Å². The van der Waals surface area contributed by atoms with Crippen molar-refractivity contribution in [1.29, 1.82) is 0 Å². The van der Waals surface area contributed by atoms with Crippen molar-refractivity contribution in [2.45, 2.75) is 32.7 Å². The average molecular weight is 238 g/mol. The zero-order valence-corrected chi connectivity index (χ0v) is 10.3. The van der Waals surface area contributed by atoms with Gasteiger partial charge in [0.25, 0.3) is 0 Å². The van der Waals surface area contributed by atoms with E-state index in [1.807, 2.05) is 6.92 Å². The normalized spacial score (nSPS) is 11.9. The van der Waals surface area contributed by atoms with Gasteiger partial charge in [-0.3, -0.25) is 0 Å². The highest BCUT2D eigenvalue weighted by Gasteiger charge is 2.08. The molecule has 1 aromatic rings. The number of hydrogen-bond donors (Lipinski definition) is 2. The Morgan fingerprint density at radius 2 is 2.00 bits per heavy atom. The summed E-state index contributed by atoms with van der Waals surface area (Å²) in [5.41, 5.74) is 0.886. The third-order valence-electron chi connectivity index (χ3n) is 2.53. The Labute approximate surface area is 101 Å². The quantitative estimate of drug-likeness (QED) is 0.761. The first-order chi connectivity index (χ1) is 8.13. The van der Waals surface area contributed by atoms with Crippen LogP contribution in [0.2, 0.25) is 0 Å². The summed E-state index contributed by atoms with van der Waals surface area (Å²) in [6.45, 7) is 4.62. The maximum atomic E-state index is 12.7. The average Bonchev–Trinajstić information content (AvgIpc) is 2.30. The van der Waals surface area contributed by atoms with E-state index in [0.717, 1.165) is 18.4 Å². The minimum absolute atomic E-state index is 0.128. The van der Waals surface area contributed by atoms with Crippen LogP contribution >= 0.6 is 0 Å². The van der Waals surface area contributed by atoms with Crippen molar-refractivity contribution in [2.24, 2.45) is 0 Å². The first-order valence-corrected chi connectivity index (χ1v) is 5.93. The van der Waals surface area contributed by atoms with Crippen LogP contribution in [0.25, 0.3) is 0 Å². The van der Waals surface area contributed by atoms with Crippen LogP contribution in [0.5, 0.6) is 0 Å². The van der Waals surface area contributed by atoms with Crippen molar-refractivity contribution in [2.75, 3.05) is 6.54 Å². The number of carbonyl (C=O) groups excluding carboxylic acids is 1. The van der Waals surface area contributed by atoms with E-state index < -0.39 is 0 Å². The molecule has 0 aliphatic heterocycles. The van der Waals surface area contributed by atoms with E-state index in [1.165, 1.54) is 12.1 Å². The number of amides is 2. The van der Waals surface area contributed by atoms with Crippen molar-refractivity contribution >= 4 is 6.03 Å². The van der Waals surface area contributed by atoms with Crippen molar-refractivity contribution < 1.29 is 9.18 Å². The van der Waals surface area contributed by atoms with Gasteiger partial charge in [0.1, 0.15) is 5.82 Å². The van der Waals surface area contributed by atoms with Crippen LogP contribution in [0, 0.1) is 5.82 Å². The zero-order chi connectivity index (χ0) is 12.7. The molecular formula is C13H19FN2O. The first kappa shape index (κ1) is 13.5. The van der Waals surface area contributed by atoms with Gasteiger partial charge in [-0.2, -0.15) is 0 Å². The van der Waals surface area contributed by atoms with E-state index in [9.17, 15) is 9.18 Å². The Bertz CT molecular complexity index is 351. The smallest absolute Gasteiger partial charge is 0.315 e. The second kappa shape index (κ2) is 6.89. The van der Waals surface area contributed by atoms with E-state index in [4.69, 9.17) is 0 Å². The molecule has 4 heteroatoms. The summed E-state index contributed by atoms with van der Waals surface area (Å²) in [4.78, 5) is 11.5. The lowest BCUT2D eigenvalue weighted by Crippen LogP contribution is -2.37. The zero-order valence-electron chi connectivity index (χ0n) is 10.3. The highest BCUT2D eigenvalue weighted by Crippen LogP contribution is 2.12. The lowest BCUT2D eigenvalue weighted by atomic mass is 10.1. The maximum absolute atomic E-state index is 12.7. The minimum atomic E-state index is -0.270. The molecule has 0 aliphatic rings. The largest absolute Gasteiger partial charge is 0.338 e. The molecule has 0 spiro atoms. The maximum Gasteiger partial charge on any atom is 0.315 e. The molecule has 1 rings (SSSR count). The SMILES string of the molecule is CCCCNC(=O)N[C@@H](C)c1ccc(F)cc1. The molecule has 0 bridgehead atoms. The highest BCUT2D eigenvalue weighted by molar-refractivity contribution is 5.74. The molecule has 0 unspecified atom stereocenters. The third kappa shape index (κ3) is 4.85. The number of carbonyl (C=O) groups is 1. The Morgan fingerprint density at radius 3 is 2.59 bits per heavy atom. The predicted molar refractivity (Wildman–Crippen MR) is 66.3 cm³/mol. The number of benzene rings is 1. The van der Waals surface area contributed by atoms with Gasteiger partial charge in [0.2, 0.25) is 0 Å². The molecule has 94 valence electrons. The van der Waals surface area contributed by atoms with Gasteiger partial charge < -0.3 is 10.6 Å². The third-order valence-corrected chi connectivity index (χ3v) is 2.53. The summed E-state index contributed by atoms with van der Waals surface area (Å²) >= 11 is 0. The van der Waals surface area contributed by atoms with E-state index in [1.54, 1.807) is 12.1 Å². The van der Waals surface area contributed by atoms with Crippen molar-refractivity contribution in [3.8, 4) is 0 Å². The monoisotopic (exact) mass is 238 g/mol. The Balaban J connectivity index is 2.40. The molecule has 0 aliphatic carbocycles. The Hall–Kier alpha value is -1.58. The summed E-state index contributed by atoms with van der Waals surface area (Å²) < 4.78 is 12.7. The van der Waals surface area contributed by atoms with E-state index in [2.05, 4.69) is 17.6 Å². The van der Waals surface area contributed by atoms with Crippen molar-refractivity contribution in [3.63, 3.8) is 0 Å². The van der Waals surface area contributed by atoms with E-state index >= 15 is 0 Å². The fourth-order valence-corrected chi connectivity index (χ4v) is 1.46. The van der Waals surface area contributed by atoms with Gasteiger partial charge in [-0.1, -0.05) is 25.5 Å². The summed E-state index contributed by atoms with van der Waals surface area (Å²) in [7, 11) is 0. The molecule has 0 heterocycles. The molecule has 0 aromatic heterocycles. The Morgan fingerprint density at radius 1 is 1.35 bits per heavy atom. The van der Waals surface area contributed by atoms with E-state index in [-0.39, 0.29) is 17.9 Å². The van der Waals surface area contributed by atoms with Gasteiger partial charge in [0.15, 0.2) is 0 Å². The van der Waals surface area contributed by atoms with Gasteiger partial charge >= 0.3 is 6.03 Å². The predicted octanol–water partition coefficient (Wildman–Crippen LogP) is 2.99. The molecular weight excluding hydrogens is 219 g/mol. The molecule has 2 N–H and O–H groups in total. The topological polar surface area (TPSA) is 41.1 Å². The van der Waals surface area contributed by atoms with Crippen LogP contribution in [0.3, 0.4) is 0 Å². The van der Waals surface area contributed by atoms with E-state index in [0.29, 0.717) is 6.54 Å². The molecule has 0 saturated heterocycles. The molecule has 0 radical (unpaired) electrons. The number of unbranched alkanes of at least 4 members (excludes halogenated alkanes) is 1. The second-order valence-electron chi connectivity index (χ2n) is 4.03. The summed E-state index contributed by atoms with van der Waals surface area (Å²) in [5, 5.41) is 5.57. The van der Waals surface area contributed by atoms with Gasteiger partial charge in [-0.05, 0) is 31.0 Å². The van der Waals surface area contributed by atoms with Gasteiger partial charge in [0, 0.05) is 6.54 Å². The van der Waals surface area contributed by atoms with Crippen LogP contribution in [-0.2, 0) is 0 Å². The van der Waals surface area contributed by atoms with Crippen LogP contribution in [0.1, 0.15) is 38.3 Å². The number of rotatable bonds is 5. The summed E-state index contributed by atoms with van der Waals surface area (Å²) in [6.07, 6.45) is 2.02. The van der Waals surface area contributed by atoms with Crippen LogP contribution in [0.15, 0.2) is 24.3 Å². The van der Waals surface area contributed by atoms with Crippen molar-refractivity contribution in [3.05, 3.63) is 35.6 Å². The van der Waals surface area contributed by atoms with Crippen LogP contribution in [0.4, 0.5) is 9.18 Å². The number of nitrogens with one attached hydrogen (secondary N) is 2.